The summed E-state index contributed by atoms with van der Waals surface area (Å²) in [7, 11) is 0. The lowest BCUT2D eigenvalue weighted by Crippen LogP contribution is -2.48. The van der Waals surface area contributed by atoms with Gasteiger partial charge >= 0.3 is 0 Å². The molecule has 21 heavy (non-hydrogen) atoms. The molecule has 2 fully saturated rings. The molecule has 0 radical (unpaired) electrons. The molecule has 1 aromatic heterocycles. The van der Waals surface area contributed by atoms with Crippen molar-refractivity contribution >= 4 is 17.2 Å². The van der Waals surface area contributed by atoms with Gasteiger partial charge in [0.2, 0.25) is 5.91 Å². The first-order valence-electron chi connectivity index (χ1n) is 7.79. The molecule has 3 nitrogen and oxygen atoms in total. The summed E-state index contributed by atoms with van der Waals surface area (Å²) < 4.78 is 0. The maximum Gasteiger partial charge on any atom is 0.228 e. The van der Waals surface area contributed by atoms with E-state index in [0.29, 0.717) is 18.6 Å². The fourth-order valence-corrected chi connectivity index (χ4v) is 4.37. The van der Waals surface area contributed by atoms with E-state index in [1.807, 2.05) is 0 Å². The fourth-order valence-electron chi connectivity index (χ4n) is 3.70. The molecule has 0 aliphatic carbocycles. The van der Waals surface area contributed by atoms with Crippen LogP contribution in [0.25, 0.3) is 0 Å². The molecule has 3 atom stereocenters. The molecule has 114 valence electrons. The monoisotopic (exact) mass is 304 g/mol. The third-order valence-electron chi connectivity index (χ3n) is 4.88. The summed E-state index contributed by atoms with van der Waals surface area (Å²) in [4.78, 5) is 12.9. The fraction of sp³-hybridized carbons (Fsp3) is 0.588. The van der Waals surface area contributed by atoms with Crippen LogP contribution in [0.5, 0.6) is 0 Å². The van der Waals surface area contributed by atoms with E-state index >= 15 is 0 Å². The molecule has 2 saturated heterocycles. The largest absolute Gasteiger partial charge is 0.351 e. The minimum atomic E-state index is -0.240. The molecule has 0 unspecified atom stereocenters. The van der Waals surface area contributed by atoms with Gasteiger partial charge in [0, 0.05) is 18.6 Å². The number of amides is 1. The molecule has 2 aliphatic rings. The summed E-state index contributed by atoms with van der Waals surface area (Å²) in [5.74, 6) is 0.228. The first-order valence-corrected chi connectivity index (χ1v) is 8.73. The Hall–Kier alpha value is -1.13. The number of hydrogen-bond acceptors (Lipinski definition) is 3. The first-order chi connectivity index (χ1) is 10.1. The highest BCUT2D eigenvalue weighted by atomic mass is 32.1. The van der Waals surface area contributed by atoms with E-state index < -0.39 is 0 Å². The Labute approximate surface area is 130 Å². The Morgan fingerprint density at radius 3 is 2.95 bits per heavy atom. The third kappa shape index (κ3) is 2.92. The van der Waals surface area contributed by atoms with Gasteiger partial charge in [-0.3, -0.25) is 4.79 Å². The van der Waals surface area contributed by atoms with Gasteiger partial charge in [-0.1, -0.05) is 11.6 Å². The third-order valence-corrected chi connectivity index (χ3v) is 5.61. The predicted octanol–water partition coefficient (Wildman–Crippen LogP) is 3.23. The van der Waals surface area contributed by atoms with Crippen molar-refractivity contribution in [3.8, 4) is 0 Å². The molecule has 3 rings (SSSR count). The molecule has 2 N–H and O–H groups in total. The lowest BCUT2D eigenvalue weighted by Gasteiger charge is -2.34. The molecular weight excluding hydrogens is 280 g/mol. The summed E-state index contributed by atoms with van der Waals surface area (Å²) in [6, 6.07) is 2.96. The van der Waals surface area contributed by atoms with Crippen molar-refractivity contribution in [1.29, 1.82) is 0 Å². The summed E-state index contributed by atoms with van der Waals surface area (Å²) in [5.41, 5.74) is 2.25. The highest BCUT2D eigenvalue weighted by Gasteiger charge is 2.54. The second-order valence-corrected chi connectivity index (χ2v) is 7.43. The lowest BCUT2D eigenvalue weighted by molar-refractivity contribution is -0.132. The molecule has 1 aromatic rings. The molecule has 0 spiro atoms. The van der Waals surface area contributed by atoms with Crippen molar-refractivity contribution in [3.05, 3.63) is 34.0 Å². The molecule has 1 amide bonds. The molecule has 0 saturated carbocycles. The standard InChI is InChI=1S/C17H24N2OS/c1-12(2)5-7-17(9-14-3-4-15(17)19-14)16(20)18-10-13-6-8-21-11-13/h5-6,8,11,14-15,19H,3-4,7,9-10H2,1-2H3,(H,18,20)/t14-,15+,17+/m0/s1. The molecule has 2 aliphatic heterocycles. The molecule has 0 aromatic carbocycles. The summed E-state index contributed by atoms with van der Waals surface area (Å²) in [6.07, 6.45) is 6.43. The summed E-state index contributed by atoms with van der Waals surface area (Å²) in [6.45, 7) is 4.87. The number of hydrogen-bond donors (Lipinski definition) is 2. The number of carbonyl (C=O) groups excluding carboxylic acids is 1. The number of carbonyl (C=O) groups is 1. The Morgan fingerprint density at radius 2 is 2.38 bits per heavy atom. The van der Waals surface area contributed by atoms with Crippen molar-refractivity contribution in [2.45, 2.75) is 58.2 Å². The van der Waals surface area contributed by atoms with E-state index in [1.165, 1.54) is 17.6 Å². The number of nitrogens with one attached hydrogen (secondary N) is 2. The molecule has 2 bridgehead atoms. The lowest BCUT2D eigenvalue weighted by atomic mass is 9.70. The Bertz CT molecular complexity index is 533. The van der Waals surface area contributed by atoms with Gasteiger partial charge in [-0.2, -0.15) is 11.3 Å². The van der Waals surface area contributed by atoms with Gasteiger partial charge in [-0.15, -0.1) is 0 Å². The number of thiophene rings is 1. The van der Waals surface area contributed by atoms with Crippen LogP contribution in [0.1, 0.15) is 45.1 Å². The van der Waals surface area contributed by atoms with Gasteiger partial charge in [-0.25, -0.2) is 0 Å². The van der Waals surface area contributed by atoms with Crippen LogP contribution in [-0.2, 0) is 11.3 Å². The second-order valence-electron chi connectivity index (χ2n) is 6.65. The number of allylic oxidation sites excluding steroid dienone is 2. The van der Waals surface area contributed by atoms with Crippen molar-refractivity contribution in [3.63, 3.8) is 0 Å². The van der Waals surface area contributed by atoms with Gasteiger partial charge in [0.15, 0.2) is 0 Å². The average Bonchev–Trinajstić information content (AvgIpc) is 3.18. The Balaban J connectivity index is 1.72. The summed E-state index contributed by atoms with van der Waals surface area (Å²) >= 11 is 1.68. The van der Waals surface area contributed by atoms with Gasteiger partial charge in [0.1, 0.15) is 0 Å². The topological polar surface area (TPSA) is 41.1 Å². The molecule has 4 heteroatoms. The zero-order valence-corrected chi connectivity index (χ0v) is 13.6. The van der Waals surface area contributed by atoms with Gasteiger partial charge in [-0.05, 0) is 61.9 Å². The van der Waals surface area contributed by atoms with E-state index in [9.17, 15) is 4.79 Å². The minimum absolute atomic E-state index is 0.228. The molecule has 3 heterocycles. The SMILES string of the molecule is CC(C)=CC[C@@]1(C(=O)NCc2ccsc2)C[C@@H]2CC[C@H]1N2. The zero-order valence-electron chi connectivity index (χ0n) is 12.8. The maximum absolute atomic E-state index is 12.9. The van der Waals surface area contributed by atoms with Crippen LogP contribution in [0.3, 0.4) is 0 Å². The summed E-state index contributed by atoms with van der Waals surface area (Å²) in [5, 5.41) is 11.0. The first kappa shape index (κ1) is 14.8. The van der Waals surface area contributed by atoms with Crippen LogP contribution in [0.2, 0.25) is 0 Å². The zero-order chi connectivity index (χ0) is 14.9. The van der Waals surface area contributed by atoms with E-state index in [4.69, 9.17) is 0 Å². The Morgan fingerprint density at radius 1 is 1.52 bits per heavy atom. The van der Waals surface area contributed by atoms with E-state index in [0.717, 1.165) is 19.3 Å². The number of fused-ring (bicyclic) bond motifs is 2. The highest BCUT2D eigenvalue weighted by molar-refractivity contribution is 7.07. The van der Waals surface area contributed by atoms with Crippen molar-refractivity contribution in [2.24, 2.45) is 5.41 Å². The van der Waals surface area contributed by atoms with E-state index in [2.05, 4.69) is 47.4 Å². The van der Waals surface area contributed by atoms with Crippen molar-refractivity contribution < 1.29 is 4.79 Å². The predicted molar refractivity (Wildman–Crippen MR) is 87.2 cm³/mol. The van der Waals surface area contributed by atoms with E-state index in [1.54, 1.807) is 11.3 Å². The normalized spacial score (nSPS) is 30.4. The van der Waals surface area contributed by atoms with Gasteiger partial charge in [0.25, 0.3) is 0 Å². The smallest absolute Gasteiger partial charge is 0.228 e. The van der Waals surface area contributed by atoms with Gasteiger partial charge < -0.3 is 10.6 Å². The van der Waals surface area contributed by atoms with Crippen LogP contribution in [0, 0.1) is 5.41 Å². The van der Waals surface area contributed by atoms with Gasteiger partial charge in [0.05, 0.1) is 5.41 Å². The van der Waals surface area contributed by atoms with Crippen LogP contribution in [0.15, 0.2) is 28.5 Å². The number of rotatable bonds is 5. The molecular formula is C17H24N2OS. The van der Waals surface area contributed by atoms with Crippen LogP contribution < -0.4 is 10.6 Å². The van der Waals surface area contributed by atoms with Crippen molar-refractivity contribution in [1.82, 2.24) is 10.6 Å². The van der Waals surface area contributed by atoms with Crippen LogP contribution in [-0.4, -0.2) is 18.0 Å². The average molecular weight is 304 g/mol. The van der Waals surface area contributed by atoms with Crippen LogP contribution in [0.4, 0.5) is 0 Å². The van der Waals surface area contributed by atoms with E-state index in [-0.39, 0.29) is 11.3 Å². The second kappa shape index (κ2) is 5.93. The van der Waals surface area contributed by atoms with Crippen molar-refractivity contribution in [2.75, 3.05) is 0 Å². The maximum atomic E-state index is 12.9. The van der Waals surface area contributed by atoms with Crippen LogP contribution >= 0.6 is 11.3 Å². The highest BCUT2D eigenvalue weighted by Crippen LogP contribution is 2.46. The Kier molecular flexibility index (Phi) is 4.18. The quantitative estimate of drug-likeness (QED) is 0.820. The minimum Gasteiger partial charge on any atom is -0.351 e.